The van der Waals surface area contributed by atoms with Crippen molar-refractivity contribution in [3.63, 3.8) is 0 Å². The summed E-state index contributed by atoms with van der Waals surface area (Å²) in [5.74, 6) is 1.98. The van der Waals surface area contributed by atoms with Crippen LogP contribution in [0, 0.1) is 0 Å². The molecule has 2 heterocycles. The lowest BCUT2D eigenvalue weighted by Crippen LogP contribution is -2.32. The van der Waals surface area contributed by atoms with E-state index in [9.17, 15) is 4.79 Å². The summed E-state index contributed by atoms with van der Waals surface area (Å²) in [7, 11) is 0. The number of carbonyl (C=O) groups is 1. The molecule has 0 saturated heterocycles. The van der Waals surface area contributed by atoms with Gasteiger partial charge in [0.05, 0.1) is 13.2 Å². The van der Waals surface area contributed by atoms with Gasteiger partial charge in [-0.1, -0.05) is 11.2 Å². The van der Waals surface area contributed by atoms with E-state index in [0.717, 1.165) is 24.2 Å². The number of nitrogens with zero attached hydrogens (tertiary/aromatic N) is 3. The zero-order chi connectivity index (χ0) is 19.3. The van der Waals surface area contributed by atoms with E-state index >= 15 is 0 Å². The summed E-state index contributed by atoms with van der Waals surface area (Å²) in [5, 5.41) is 6.09. The largest absolute Gasteiger partial charge is 0.494 e. The number of carbonyl (C=O) groups excluding carboxylic acids is 1. The van der Waals surface area contributed by atoms with Crippen LogP contribution >= 0.6 is 11.3 Å². The van der Waals surface area contributed by atoms with E-state index < -0.39 is 0 Å². The van der Waals surface area contributed by atoms with Gasteiger partial charge in [-0.3, -0.25) is 4.79 Å². The first kappa shape index (κ1) is 18.7. The van der Waals surface area contributed by atoms with Crippen molar-refractivity contribution in [3.8, 4) is 17.1 Å². The highest BCUT2D eigenvalue weighted by atomic mass is 32.1. The molecule has 1 amide bonds. The quantitative estimate of drug-likeness (QED) is 0.538. The van der Waals surface area contributed by atoms with Gasteiger partial charge in [0.2, 0.25) is 17.6 Å². The normalized spacial score (nSPS) is 13.5. The van der Waals surface area contributed by atoms with E-state index in [4.69, 9.17) is 9.26 Å². The van der Waals surface area contributed by atoms with Gasteiger partial charge in [0.25, 0.3) is 0 Å². The number of hydrogen-bond donors (Lipinski definition) is 0. The molecular weight excluding hydrogens is 374 g/mol. The predicted molar refractivity (Wildman–Crippen MR) is 107 cm³/mol. The minimum absolute atomic E-state index is 0.150. The lowest BCUT2D eigenvalue weighted by atomic mass is 10.2. The Kier molecular flexibility index (Phi) is 5.71. The molecule has 146 valence electrons. The SMILES string of the molecule is CCOc1ccc(-c2noc(CCC(=O)N(Cc3cccs3)C3CC3)n2)cc1. The second-order valence-electron chi connectivity index (χ2n) is 6.80. The number of ether oxygens (including phenoxy) is 1. The molecule has 1 aliphatic carbocycles. The molecule has 0 bridgehead atoms. The fourth-order valence-electron chi connectivity index (χ4n) is 3.08. The second kappa shape index (κ2) is 8.56. The van der Waals surface area contributed by atoms with E-state index in [-0.39, 0.29) is 5.91 Å². The van der Waals surface area contributed by atoms with Gasteiger partial charge >= 0.3 is 0 Å². The van der Waals surface area contributed by atoms with E-state index in [1.165, 1.54) is 4.88 Å². The van der Waals surface area contributed by atoms with Gasteiger partial charge in [-0.15, -0.1) is 11.3 Å². The molecule has 3 aromatic rings. The summed E-state index contributed by atoms with van der Waals surface area (Å²) < 4.78 is 10.8. The molecule has 1 aromatic carbocycles. The third kappa shape index (κ3) is 4.59. The molecule has 1 saturated carbocycles. The van der Waals surface area contributed by atoms with Crippen LogP contribution in [0.2, 0.25) is 0 Å². The molecule has 0 N–H and O–H groups in total. The van der Waals surface area contributed by atoms with Crippen LogP contribution in [0.25, 0.3) is 11.4 Å². The first-order chi connectivity index (χ1) is 13.7. The van der Waals surface area contributed by atoms with Gasteiger partial charge in [0.15, 0.2) is 0 Å². The Hall–Kier alpha value is -2.67. The molecule has 0 radical (unpaired) electrons. The molecule has 1 aliphatic rings. The highest BCUT2D eigenvalue weighted by Gasteiger charge is 2.32. The minimum atomic E-state index is 0.150. The summed E-state index contributed by atoms with van der Waals surface area (Å²) in [6, 6.07) is 12.1. The molecule has 2 aromatic heterocycles. The van der Waals surface area contributed by atoms with Crippen molar-refractivity contribution in [2.24, 2.45) is 0 Å². The Balaban J connectivity index is 1.35. The Bertz CT molecular complexity index is 901. The first-order valence-electron chi connectivity index (χ1n) is 9.60. The Morgan fingerprint density at radius 2 is 2.11 bits per heavy atom. The number of aryl methyl sites for hydroxylation is 1. The molecule has 1 fully saturated rings. The third-order valence-electron chi connectivity index (χ3n) is 4.66. The molecule has 7 heteroatoms. The Morgan fingerprint density at radius 1 is 1.29 bits per heavy atom. The molecule has 0 atom stereocenters. The maximum absolute atomic E-state index is 12.7. The van der Waals surface area contributed by atoms with Crippen LogP contribution in [0.3, 0.4) is 0 Å². The number of aromatic nitrogens is 2. The summed E-state index contributed by atoms with van der Waals surface area (Å²) in [5.41, 5.74) is 0.863. The topological polar surface area (TPSA) is 68.5 Å². The summed E-state index contributed by atoms with van der Waals surface area (Å²) in [6.07, 6.45) is 3.03. The van der Waals surface area contributed by atoms with Crippen molar-refractivity contribution < 1.29 is 14.1 Å². The van der Waals surface area contributed by atoms with Gasteiger partial charge < -0.3 is 14.2 Å². The first-order valence-corrected chi connectivity index (χ1v) is 10.5. The number of thiophene rings is 1. The number of amides is 1. The Morgan fingerprint density at radius 3 is 2.79 bits per heavy atom. The fraction of sp³-hybridized carbons (Fsp3) is 0.381. The molecule has 0 spiro atoms. The van der Waals surface area contributed by atoms with Crippen molar-refractivity contribution >= 4 is 17.2 Å². The second-order valence-corrected chi connectivity index (χ2v) is 7.83. The molecular formula is C21H23N3O3S. The van der Waals surface area contributed by atoms with Crippen LogP contribution in [0.1, 0.15) is 37.0 Å². The van der Waals surface area contributed by atoms with Crippen LogP contribution in [-0.2, 0) is 17.8 Å². The molecule has 0 unspecified atom stereocenters. The minimum Gasteiger partial charge on any atom is -0.494 e. The zero-order valence-electron chi connectivity index (χ0n) is 15.8. The standard InChI is InChI=1S/C21H23N3O3S/c1-2-26-17-9-5-15(6-10-17)21-22-19(27-23-21)11-12-20(25)24(16-7-8-16)14-18-4-3-13-28-18/h3-6,9-10,13,16H,2,7-8,11-12,14H2,1H3. The van der Waals surface area contributed by atoms with Gasteiger partial charge in [0, 0.05) is 29.3 Å². The predicted octanol–water partition coefficient (Wildman–Crippen LogP) is 4.32. The fourth-order valence-corrected chi connectivity index (χ4v) is 3.78. The number of rotatable bonds is 9. The maximum Gasteiger partial charge on any atom is 0.227 e. The molecule has 4 rings (SSSR count). The van der Waals surface area contributed by atoms with Gasteiger partial charge in [-0.05, 0) is 55.5 Å². The van der Waals surface area contributed by atoms with Crippen LogP contribution in [-0.4, -0.2) is 33.6 Å². The van der Waals surface area contributed by atoms with E-state index in [1.54, 1.807) is 11.3 Å². The summed E-state index contributed by atoms with van der Waals surface area (Å²) in [4.78, 5) is 20.4. The van der Waals surface area contributed by atoms with Gasteiger partial charge in [-0.25, -0.2) is 0 Å². The lowest BCUT2D eigenvalue weighted by Gasteiger charge is -2.21. The number of hydrogen-bond acceptors (Lipinski definition) is 6. The maximum atomic E-state index is 12.7. The van der Waals surface area contributed by atoms with Crippen LogP contribution < -0.4 is 4.74 Å². The Labute approximate surface area is 168 Å². The monoisotopic (exact) mass is 397 g/mol. The highest BCUT2D eigenvalue weighted by Crippen LogP contribution is 2.30. The zero-order valence-corrected chi connectivity index (χ0v) is 16.7. The van der Waals surface area contributed by atoms with Crippen molar-refractivity contribution in [1.82, 2.24) is 15.0 Å². The van der Waals surface area contributed by atoms with Gasteiger partial charge in [0.1, 0.15) is 5.75 Å². The third-order valence-corrected chi connectivity index (χ3v) is 5.52. The van der Waals surface area contributed by atoms with Crippen molar-refractivity contribution in [2.75, 3.05) is 6.61 Å². The van der Waals surface area contributed by atoms with Crippen molar-refractivity contribution in [1.29, 1.82) is 0 Å². The summed E-state index contributed by atoms with van der Waals surface area (Å²) in [6.45, 7) is 3.28. The molecule has 0 aliphatic heterocycles. The van der Waals surface area contributed by atoms with Crippen molar-refractivity contribution in [2.45, 2.75) is 45.2 Å². The number of benzene rings is 1. The van der Waals surface area contributed by atoms with Crippen LogP contribution in [0.15, 0.2) is 46.3 Å². The summed E-state index contributed by atoms with van der Waals surface area (Å²) >= 11 is 1.69. The average Bonchev–Trinajstić information content (AvgIpc) is 3.21. The van der Waals surface area contributed by atoms with E-state index in [0.29, 0.717) is 43.8 Å². The molecule has 28 heavy (non-hydrogen) atoms. The highest BCUT2D eigenvalue weighted by molar-refractivity contribution is 7.09. The van der Waals surface area contributed by atoms with Crippen LogP contribution in [0.5, 0.6) is 5.75 Å². The van der Waals surface area contributed by atoms with Crippen molar-refractivity contribution in [3.05, 3.63) is 52.5 Å². The lowest BCUT2D eigenvalue weighted by molar-refractivity contribution is -0.132. The molecule has 6 nitrogen and oxygen atoms in total. The van der Waals surface area contributed by atoms with E-state index in [2.05, 4.69) is 16.2 Å². The van der Waals surface area contributed by atoms with Gasteiger partial charge in [-0.2, -0.15) is 4.98 Å². The smallest absolute Gasteiger partial charge is 0.227 e. The van der Waals surface area contributed by atoms with Crippen LogP contribution in [0.4, 0.5) is 0 Å². The average molecular weight is 398 g/mol. The van der Waals surface area contributed by atoms with E-state index in [1.807, 2.05) is 47.5 Å².